The summed E-state index contributed by atoms with van der Waals surface area (Å²) >= 11 is 0. The van der Waals surface area contributed by atoms with Crippen LogP contribution in [-0.4, -0.2) is 34.6 Å². The van der Waals surface area contributed by atoms with Gasteiger partial charge in [-0.15, -0.1) is 0 Å². The Labute approximate surface area is 82.4 Å². The molecule has 0 aromatic carbocycles. The first-order chi connectivity index (χ1) is 6.77. The standard InChI is InChI=1S/C9H13N3O2/c13-12(14)11-7-3-4-9(8-11)10-5-1-2-6-10/h3-4,8H,1-2,5-7H2. The van der Waals surface area contributed by atoms with E-state index in [1.165, 1.54) is 12.8 Å². The van der Waals surface area contributed by atoms with Crippen LogP contribution in [0.5, 0.6) is 0 Å². The van der Waals surface area contributed by atoms with E-state index < -0.39 is 0 Å². The molecule has 0 radical (unpaired) electrons. The van der Waals surface area contributed by atoms with Gasteiger partial charge in [-0.1, -0.05) is 11.1 Å². The third-order valence-corrected chi connectivity index (χ3v) is 2.54. The van der Waals surface area contributed by atoms with Gasteiger partial charge in [-0.05, 0) is 18.9 Å². The average molecular weight is 195 g/mol. The Kier molecular flexibility index (Phi) is 2.39. The van der Waals surface area contributed by atoms with Gasteiger partial charge in [-0.25, -0.2) is 10.1 Å². The van der Waals surface area contributed by atoms with Crippen LogP contribution in [0.2, 0.25) is 0 Å². The van der Waals surface area contributed by atoms with E-state index in [9.17, 15) is 10.1 Å². The van der Waals surface area contributed by atoms with Crippen LogP contribution in [0, 0.1) is 10.1 Å². The summed E-state index contributed by atoms with van der Waals surface area (Å²) in [5.41, 5.74) is 0.963. The monoisotopic (exact) mass is 195 g/mol. The topological polar surface area (TPSA) is 49.6 Å². The van der Waals surface area contributed by atoms with E-state index in [0.717, 1.165) is 23.8 Å². The molecule has 2 rings (SSSR count). The molecule has 0 saturated carbocycles. The van der Waals surface area contributed by atoms with Gasteiger partial charge in [0, 0.05) is 13.1 Å². The number of nitrogens with zero attached hydrogens (tertiary/aromatic N) is 3. The molecule has 1 fully saturated rings. The van der Waals surface area contributed by atoms with Gasteiger partial charge in [0.05, 0.1) is 11.9 Å². The Morgan fingerprint density at radius 2 is 2.07 bits per heavy atom. The molecule has 2 aliphatic heterocycles. The Hall–Kier alpha value is -1.52. The Morgan fingerprint density at radius 3 is 2.71 bits per heavy atom. The fourth-order valence-electron chi connectivity index (χ4n) is 1.81. The smallest absolute Gasteiger partial charge is 0.164 e. The largest absolute Gasteiger partial charge is 0.370 e. The molecule has 2 aliphatic rings. The third kappa shape index (κ3) is 1.71. The average Bonchev–Trinajstić information content (AvgIpc) is 2.71. The molecule has 0 N–H and O–H groups in total. The highest BCUT2D eigenvalue weighted by Gasteiger charge is 2.19. The molecule has 0 amide bonds. The number of allylic oxidation sites excluding steroid dienone is 1. The van der Waals surface area contributed by atoms with Crippen molar-refractivity contribution in [3.63, 3.8) is 0 Å². The van der Waals surface area contributed by atoms with Crippen LogP contribution in [0.3, 0.4) is 0 Å². The maximum atomic E-state index is 10.5. The zero-order chi connectivity index (χ0) is 9.97. The van der Waals surface area contributed by atoms with E-state index >= 15 is 0 Å². The molecule has 76 valence electrons. The van der Waals surface area contributed by atoms with Crippen molar-refractivity contribution >= 4 is 0 Å². The summed E-state index contributed by atoms with van der Waals surface area (Å²) in [7, 11) is 0. The van der Waals surface area contributed by atoms with Gasteiger partial charge < -0.3 is 4.90 Å². The van der Waals surface area contributed by atoms with Gasteiger partial charge in [0.1, 0.15) is 6.54 Å². The Morgan fingerprint density at radius 1 is 1.36 bits per heavy atom. The van der Waals surface area contributed by atoms with Crippen molar-refractivity contribution in [3.05, 3.63) is 34.2 Å². The van der Waals surface area contributed by atoms with Gasteiger partial charge in [-0.3, -0.25) is 0 Å². The van der Waals surface area contributed by atoms with Crippen LogP contribution in [-0.2, 0) is 0 Å². The lowest BCUT2D eigenvalue weighted by Crippen LogP contribution is -2.30. The second-order valence-corrected chi connectivity index (χ2v) is 3.51. The summed E-state index contributed by atoms with van der Waals surface area (Å²) in [6.07, 6.45) is 7.78. The molecule has 0 aromatic rings. The minimum atomic E-state index is -0.375. The van der Waals surface area contributed by atoms with Crippen molar-refractivity contribution in [3.8, 4) is 0 Å². The fourth-order valence-corrected chi connectivity index (χ4v) is 1.81. The summed E-state index contributed by atoms with van der Waals surface area (Å²) in [6, 6.07) is 0. The van der Waals surface area contributed by atoms with E-state index in [-0.39, 0.29) is 5.03 Å². The highest BCUT2D eigenvalue weighted by atomic mass is 16.7. The van der Waals surface area contributed by atoms with E-state index in [1.54, 1.807) is 6.20 Å². The second-order valence-electron chi connectivity index (χ2n) is 3.51. The lowest BCUT2D eigenvalue weighted by atomic mass is 10.3. The first-order valence-corrected chi connectivity index (χ1v) is 4.81. The molecule has 0 unspecified atom stereocenters. The normalized spacial score (nSPS) is 21.3. The number of hydrazine groups is 1. The summed E-state index contributed by atoms with van der Waals surface area (Å²) in [5, 5.41) is 11.3. The van der Waals surface area contributed by atoms with Gasteiger partial charge in [0.25, 0.3) is 0 Å². The molecule has 0 bridgehead atoms. The number of likely N-dealkylation sites (tertiary alicyclic amines) is 1. The summed E-state index contributed by atoms with van der Waals surface area (Å²) in [5.74, 6) is 0. The maximum absolute atomic E-state index is 10.5. The van der Waals surface area contributed by atoms with Crippen LogP contribution in [0.25, 0.3) is 0 Å². The lowest BCUT2D eigenvalue weighted by molar-refractivity contribution is -0.638. The Bertz CT molecular complexity index is 292. The summed E-state index contributed by atoms with van der Waals surface area (Å²) in [4.78, 5) is 12.7. The fraction of sp³-hybridized carbons (Fsp3) is 0.556. The highest BCUT2D eigenvalue weighted by molar-refractivity contribution is 5.21. The van der Waals surface area contributed by atoms with E-state index in [2.05, 4.69) is 4.90 Å². The molecule has 0 atom stereocenters. The molecule has 5 nitrogen and oxygen atoms in total. The van der Waals surface area contributed by atoms with Crippen molar-refractivity contribution in [2.24, 2.45) is 0 Å². The van der Waals surface area contributed by atoms with Crippen LogP contribution >= 0.6 is 0 Å². The van der Waals surface area contributed by atoms with Gasteiger partial charge in [0.15, 0.2) is 5.03 Å². The zero-order valence-corrected chi connectivity index (χ0v) is 7.93. The van der Waals surface area contributed by atoms with Gasteiger partial charge in [0.2, 0.25) is 0 Å². The van der Waals surface area contributed by atoms with Crippen molar-refractivity contribution in [1.29, 1.82) is 0 Å². The van der Waals surface area contributed by atoms with E-state index in [0.29, 0.717) is 6.54 Å². The van der Waals surface area contributed by atoms with Crippen molar-refractivity contribution in [1.82, 2.24) is 9.91 Å². The highest BCUT2D eigenvalue weighted by Crippen LogP contribution is 2.18. The number of rotatable bonds is 2. The van der Waals surface area contributed by atoms with Crippen LogP contribution in [0.15, 0.2) is 24.0 Å². The SMILES string of the molecule is O=[N+]([O-])N1C=C(N2CCCC2)C=CC1. The lowest BCUT2D eigenvalue weighted by Gasteiger charge is -2.22. The molecule has 2 heterocycles. The van der Waals surface area contributed by atoms with E-state index in [1.807, 2.05) is 12.2 Å². The first-order valence-electron chi connectivity index (χ1n) is 4.81. The zero-order valence-electron chi connectivity index (χ0n) is 7.93. The van der Waals surface area contributed by atoms with Crippen molar-refractivity contribution in [2.45, 2.75) is 12.8 Å². The first kappa shape index (κ1) is 9.05. The van der Waals surface area contributed by atoms with Crippen LogP contribution < -0.4 is 0 Å². The molecular formula is C9H13N3O2. The molecule has 14 heavy (non-hydrogen) atoms. The quantitative estimate of drug-likeness (QED) is 0.487. The molecule has 1 saturated heterocycles. The minimum Gasteiger partial charge on any atom is -0.370 e. The number of hydrogen-bond donors (Lipinski definition) is 0. The second kappa shape index (κ2) is 3.69. The molecule has 0 spiro atoms. The summed E-state index contributed by atoms with van der Waals surface area (Å²) < 4.78 is 0. The molecular weight excluding hydrogens is 182 g/mol. The van der Waals surface area contributed by atoms with Crippen molar-refractivity contribution < 1.29 is 5.03 Å². The summed E-state index contributed by atoms with van der Waals surface area (Å²) in [6.45, 7) is 2.40. The van der Waals surface area contributed by atoms with Crippen LogP contribution in [0.1, 0.15) is 12.8 Å². The number of nitro groups is 1. The minimum absolute atomic E-state index is 0.365. The predicted molar refractivity (Wildman–Crippen MR) is 51.7 cm³/mol. The third-order valence-electron chi connectivity index (χ3n) is 2.54. The van der Waals surface area contributed by atoms with Gasteiger partial charge >= 0.3 is 0 Å². The molecule has 0 aromatic heterocycles. The van der Waals surface area contributed by atoms with Crippen LogP contribution in [0.4, 0.5) is 0 Å². The maximum Gasteiger partial charge on any atom is 0.164 e. The molecule has 5 heteroatoms. The molecule has 0 aliphatic carbocycles. The van der Waals surface area contributed by atoms with Gasteiger partial charge in [-0.2, -0.15) is 0 Å². The predicted octanol–water partition coefficient (Wildman–Crippen LogP) is 0.987. The Balaban J connectivity index is 2.09. The van der Waals surface area contributed by atoms with E-state index in [4.69, 9.17) is 0 Å². The number of hydrogen-bond acceptors (Lipinski definition) is 3. The van der Waals surface area contributed by atoms with Crippen molar-refractivity contribution in [2.75, 3.05) is 19.6 Å².